The topological polar surface area (TPSA) is 97.0 Å². The van der Waals surface area contributed by atoms with Crippen LogP contribution in [0.5, 0.6) is 5.75 Å². The lowest BCUT2D eigenvalue weighted by Gasteiger charge is -2.32. The van der Waals surface area contributed by atoms with Crippen molar-refractivity contribution in [2.45, 2.75) is 52.2 Å². The lowest BCUT2D eigenvalue weighted by Crippen LogP contribution is -2.47. The van der Waals surface area contributed by atoms with Crippen LogP contribution in [0, 0.1) is 0 Å². The molecular weight excluding hydrogens is 458 g/mol. The monoisotopic (exact) mass is 495 g/mol. The van der Waals surface area contributed by atoms with Gasteiger partial charge in [0.1, 0.15) is 23.9 Å². The molecule has 0 aliphatic heterocycles. The Morgan fingerprint density at radius 3 is 2.39 bits per heavy atom. The Morgan fingerprint density at radius 1 is 1.11 bits per heavy atom. The molecule has 0 aromatic heterocycles. The SMILES string of the molecule is C=Cc1cccc(C(C(=O)Nc2ccc(OC)cc2)N(CCCC)C(=O)CNC(=O)OC(C)(C)C)c1. The molecule has 2 aromatic rings. The van der Waals surface area contributed by atoms with Gasteiger partial charge in [-0.1, -0.05) is 44.2 Å². The second kappa shape index (κ2) is 13.3. The van der Waals surface area contributed by atoms with Crippen LogP contribution in [0.3, 0.4) is 0 Å². The van der Waals surface area contributed by atoms with Crippen molar-refractivity contribution in [3.05, 3.63) is 66.2 Å². The van der Waals surface area contributed by atoms with Gasteiger partial charge in [-0.15, -0.1) is 0 Å². The van der Waals surface area contributed by atoms with Gasteiger partial charge in [0.05, 0.1) is 7.11 Å². The molecule has 8 nitrogen and oxygen atoms in total. The Kier molecular flexibility index (Phi) is 10.5. The highest BCUT2D eigenvalue weighted by Gasteiger charge is 2.32. The molecule has 0 spiro atoms. The van der Waals surface area contributed by atoms with Gasteiger partial charge in [-0.3, -0.25) is 9.59 Å². The minimum absolute atomic E-state index is 0.300. The first kappa shape index (κ1) is 28.4. The molecule has 0 heterocycles. The number of unbranched alkanes of at least 4 members (excludes halogenated alkanes) is 1. The fraction of sp³-hybridized carbons (Fsp3) is 0.393. The van der Waals surface area contributed by atoms with Gasteiger partial charge in [-0.2, -0.15) is 0 Å². The van der Waals surface area contributed by atoms with Crippen LogP contribution < -0.4 is 15.4 Å². The summed E-state index contributed by atoms with van der Waals surface area (Å²) in [5, 5.41) is 5.42. The largest absolute Gasteiger partial charge is 0.497 e. The van der Waals surface area contributed by atoms with Crippen molar-refractivity contribution >= 4 is 29.7 Å². The number of carbonyl (C=O) groups is 3. The molecule has 0 saturated carbocycles. The predicted molar refractivity (Wildman–Crippen MR) is 142 cm³/mol. The van der Waals surface area contributed by atoms with E-state index in [0.717, 1.165) is 12.0 Å². The van der Waals surface area contributed by atoms with E-state index in [1.54, 1.807) is 64.3 Å². The van der Waals surface area contributed by atoms with Crippen molar-refractivity contribution in [2.24, 2.45) is 0 Å². The summed E-state index contributed by atoms with van der Waals surface area (Å²) in [6, 6.07) is 13.4. The Hall–Kier alpha value is -3.81. The van der Waals surface area contributed by atoms with Gasteiger partial charge >= 0.3 is 6.09 Å². The van der Waals surface area contributed by atoms with Crippen molar-refractivity contribution in [3.63, 3.8) is 0 Å². The van der Waals surface area contributed by atoms with Gasteiger partial charge in [0.25, 0.3) is 5.91 Å². The molecule has 0 radical (unpaired) electrons. The number of rotatable bonds is 11. The average molecular weight is 496 g/mol. The van der Waals surface area contributed by atoms with Crippen molar-refractivity contribution in [1.29, 1.82) is 0 Å². The summed E-state index contributed by atoms with van der Waals surface area (Å²) in [7, 11) is 1.57. The smallest absolute Gasteiger partial charge is 0.408 e. The van der Waals surface area contributed by atoms with E-state index in [2.05, 4.69) is 17.2 Å². The normalized spacial score (nSPS) is 11.7. The Morgan fingerprint density at radius 2 is 1.81 bits per heavy atom. The second-order valence-corrected chi connectivity index (χ2v) is 9.29. The number of nitrogens with one attached hydrogen (secondary N) is 2. The quantitative estimate of drug-likeness (QED) is 0.448. The van der Waals surface area contributed by atoms with E-state index in [4.69, 9.17) is 9.47 Å². The third-order valence-electron chi connectivity index (χ3n) is 5.24. The number of alkyl carbamates (subject to hydrolysis) is 1. The zero-order chi connectivity index (χ0) is 26.7. The third kappa shape index (κ3) is 8.76. The summed E-state index contributed by atoms with van der Waals surface area (Å²) >= 11 is 0. The van der Waals surface area contributed by atoms with E-state index in [1.165, 1.54) is 4.90 Å². The standard InChI is InChI=1S/C28H37N3O5/c1-7-9-17-31(24(32)19-29-27(34)36-28(3,4)5)25(21-12-10-11-20(8-2)18-21)26(33)30-22-13-15-23(35-6)16-14-22/h8,10-16,18,25H,2,7,9,17,19H2,1,3-6H3,(H,29,34)(H,30,33). The van der Waals surface area contributed by atoms with Gasteiger partial charge in [-0.25, -0.2) is 4.79 Å². The maximum absolute atomic E-state index is 13.6. The van der Waals surface area contributed by atoms with Crippen LogP contribution in [0.25, 0.3) is 6.08 Å². The number of nitrogens with zero attached hydrogens (tertiary/aromatic N) is 1. The Balaban J connectivity index is 2.37. The highest BCUT2D eigenvalue weighted by Crippen LogP contribution is 2.26. The van der Waals surface area contributed by atoms with E-state index >= 15 is 0 Å². The number of benzene rings is 2. The molecular formula is C28H37N3O5. The van der Waals surface area contributed by atoms with E-state index in [-0.39, 0.29) is 12.5 Å². The first-order chi connectivity index (χ1) is 17.1. The Bertz CT molecular complexity index is 1040. The summed E-state index contributed by atoms with van der Waals surface area (Å²) < 4.78 is 10.4. The van der Waals surface area contributed by atoms with Crippen LogP contribution in [0.2, 0.25) is 0 Å². The van der Waals surface area contributed by atoms with E-state index in [0.29, 0.717) is 30.0 Å². The van der Waals surface area contributed by atoms with E-state index < -0.39 is 23.6 Å². The molecule has 0 fully saturated rings. The second-order valence-electron chi connectivity index (χ2n) is 9.29. The molecule has 8 heteroatoms. The molecule has 194 valence electrons. The first-order valence-electron chi connectivity index (χ1n) is 12.0. The lowest BCUT2D eigenvalue weighted by molar-refractivity contribution is -0.138. The molecule has 3 amide bonds. The van der Waals surface area contributed by atoms with Crippen LogP contribution in [-0.2, 0) is 14.3 Å². The zero-order valence-electron chi connectivity index (χ0n) is 21.8. The third-order valence-corrected chi connectivity index (χ3v) is 5.24. The minimum atomic E-state index is -0.925. The number of carbonyl (C=O) groups excluding carboxylic acids is 3. The molecule has 36 heavy (non-hydrogen) atoms. The highest BCUT2D eigenvalue weighted by molar-refractivity contribution is 5.98. The Labute approximate surface area is 213 Å². The summed E-state index contributed by atoms with van der Waals surface area (Å²) in [6.45, 7) is 11.1. The molecule has 1 atom stereocenters. The summed E-state index contributed by atoms with van der Waals surface area (Å²) in [5.41, 5.74) is 1.34. The number of methoxy groups -OCH3 is 1. The molecule has 0 aliphatic rings. The molecule has 2 rings (SSSR count). The summed E-state index contributed by atoms with van der Waals surface area (Å²) in [6.07, 6.45) is 2.50. The van der Waals surface area contributed by atoms with Crippen molar-refractivity contribution in [2.75, 3.05) is 25.5 Å². The predicted octanol–water partition coefficient (Wildman–Crippen LogP) is 5.17. The van der Waals surface area contributed by atoms with Gasteiger partial charge < -0.3 is 25.0 Å². The molecule has 1 unspecified atom stereocenters. The fourth-order valence-corrected chi connectivity index (χ4v) is 3.50. The number of ether oxygens (including phenoxy) is 2. The van der Waals surface area contributed by atoms with Crippen LogP contribution in [0.15, 0.2) is 55.1 Å². The maximum atomic E-state index is 13.6. The van der Waals surface area contributed by atoms with Crippen molar-refractivity contribution in [3.8, 4) is 5.75 Å². The van der Waals surface area contributed by atoms with Crippen molar-refractivity contribution < 1.29 is 23.9 Å². The van der Waals surface area contributed by atoms with Gasteiger partial charge in [-0.05, 0) is 68.7 Å². The molecule has 0 bridgehead atoms. The molecule has 0 saturated heterocycles. The van der Waals surface area contributed by atoms with Crippen LogP contribution in [0.1, 0.15) is 57.7 Å². The fourth-order valence-electron chi connectivity index (χ4n) is 3.50. The number of hydrogen-bond donors (Lipinski definition) is 2. The lowest BCUT2D eigenvalue weighted by atomic mass is 10.0. The van der Waals surface area contributed by atoms with Crippen molar-refractivity contribution in [1.82, 2.24) is 10.2 Å². The minimum Gasteiger partial charge on any atom is -0.497 e. The van der Waals surface area contributed by atoms with Gasteiger partial charge in [0.15, 0.2) is 0 Å². The molecule has 2 N–H and O–H groups in total. The number of hydrogen-bond acceptors (Lipinski definition) is 5. The van der Waals surface area contributed by atoms with Crippen LogP contribution in [0.4, 0.5) is 10.5 Å². The summed E-state index contributed by atoms with van der Waals surface area (Å²) in [4.78, 5) is 40.6. The van der Waals surface area contributed by atoms with Gasteiger partial charge in [0, 0.05) is 12.2 Å². The van der Waals surface area contributed by atoms with Gasteiger partial charge in [0.2, 0.25) is 5.91 Å². The average Bonchev–Trinajstić information content (AvgIpc) is 2.84. The summed E-state index contributed by atoms with van der Waals surface area (Å²) in [5.74, 6) is -0.104. The van der Waals surface area contributed by atoms with E-state index in [9.17, 15) is 14.4 Å². The maximum Gasteiger partial charge on any atom is 0.408 e. The first-order valence-corrected chi connectivity index (χ1v) is 12.0. The van der Waals surface area contributed by atoms with E-state index in [1.807, 2.05) is 25.1 Å². The molecule has 0 aliphatic carbocycles. The molecule has 2 aromatic carbocycles. The van der Waals surface area contributed by atoms with Crippen LogP contribution >= 0.6 is 0 Å². The highest BCUT2D eigenvalue weighted by atomic mass is 16.6. The number of anilines is 1. The van der Waals surface area contributed by atoms with Crippen LogP contribution in [-0.4, -0.2) is 48.6 Å². The number of amides is 3. The zero-order valence-corrected chi connectivity index (χ0v) is 21.8.